The molecule has 2 rings (SSSR count). The fourth-order valence-electron chi connectivity index (χ4n) is 2.11. The average molecular weight is 319 g/mol. The first-order valence-corrected chi connectivity index (χ1v) is 6.50. The molecule has 0 aliphatic carbocycles. The van der Waals surface area contributed by atoms with E-state index in [9.17, 15) is 18.0 Å². The Balaban J connectivity index is 0.000000295. The second kappa shape index (κ2) is 7.79. The van der Waals surface area contributed by atoms with E-state index in [1.165, 1.54) is 5.56 Å². The van der Waals surface area contributed by atoms with Gasteiger partial charge in [0.2, 0.25) is 0 Å². The van der Waals surface area contributed by atoms with Gasteiger partial charge >= 0.3 is 18.1 Å². The van der Waals surface area contributed by atoms with Gasteiger partial charge in [-0.2, -0.15) is 13.2 Å². The lowest BCUT2D eigenvalue weighted by molar-refractivity contribution is -0.192. The van der Waals surface area contributed by atoms with E-state index in [1.807, 2.05) is 18.2 Å². The van der Waals surface area contributed by atoms with Gasteiger partial charge < -0.3 is 15.5 Å². The highest BCUT2D eigenvalue weighted by molar-refractivity contribution is 5.73. The Morgan fingerprint density at radius 3 is 2.09 bits per heavy atom. The number of piperidine rings is 1. The van der Waals surface area contributed by atoms with Gasteiger partial charge in [-0.05, 0) is 17.9 Å². The number of hydrogen-bond donors (Lipinski definition) is 3. The van der Waals surface area contributed by atoms with Gasteiger partial charge in [0.25, 0.3) is 0 Å². The van der Waals surface area contributed by atoms with Gasteiger partial charge in [0.15, 0.2) is 0 Å². The lowest BCUT2D eigenvalue weighted by atomic mass is 9.86. The molecule has 8 heteroatoms. The molecule has 1 aliphatic heterocycles. The largest absolute Gasteiger partial charge is 0.490 e. The summed E-state index contributed by atoms with van der Waals surface area (Å²) in [6.45, 7) is 1.48. The summed E-state index contributed by atoms with van der Waals surface area (Å²) in [5, 5.41) is 19.3. The maximum atomic E-state index is 10.9. The van der Waals surface area contributed by atoms with E-state index in [0.717, 1.165) is 13.0 Å². The molecule has 5 nitrogen and oxygen atoms in total. The quantitative estimate of drug-likeness (QED) is 0.777. The van der Waals surface area contributed by atoms with Crippen molar-refractivity contribution >= 4 is 11.9 Å². The molecule has 1 heterocycles. The molecule has 1 aromatic carbocycles. The SMILES string of the molecule is O=C(O)C(F)(F)F.O=C(O)C1CNCC(c2ccccc2)C1. The van der Waals surface area contributed by atoms with Gasteiger partial charge in [0.05, 0.1) is 5.92 Å². The minimum Gasteiger partial charge on any atom is -0.481 e. The van der Waals surface area contributed by atoms with E-state index in [2.05, 4.69) is 17.4 Å². The fraction of sp³-hybridized carbons (Fsp3) is 0.429. The molecule has 0 spiro atoms. The zero-order valence-corrected chi connectivity index (χ0v) is 11.5. The van der Waals surface area contributed by atoms with E-state index in [4.69, 9.17) is 15.0 Å². The van der Waals surface area contributed by atoms with E-state index >= 15 is 0 Å². The third-order valence-electron chi connectivity index (χ3n) is 3.21. The van der Waals surface area contributed by atoms with Gasteiger partial charge in [0, 0.05) is 13.1 Å². The summed E-state index contributed by atoms with van der Waals surface area (Å²) in [4.78, 5) is 19.8. The smallest absolute Gasteiger partial charge is 0.481 e. The number of aliphatic carboxylic acids is 2. The average Bonchev–Trinajstić information content (AvgIpc) is 2.48. The van der Waals surface area contributed by atoms with Crippen LogP contribution < -0.4 is 5.32 Å². The normalized spacial score (nSPS) is 21.4. The topological polar surface area (TPSA) is 86.6 Å². The predicted molar refractivity (Wildman–Crippen MR) is 71.5 cm³/mol. The number of hydrogen-bond acceptors (Lipinski definition) is 3. The minimum absolute atomic E-state index is 0.246. The van der Waals surface area contributed by atoms with Gasteiger partial charge in [0.1, 0.15) is 0 Å². The number of rotatable bonds is 2. The minimum atomic E-state index is -5.08. The van der Waals surface area contributed by atoms with Crippen molar-refractivity contribution in [2.75, 3.05) is 13.1 Å². The van der Waals surface area contributed by atoms with Crippen LogP contribution in [0, 0.1) is 5.92 Å². The van der Waals surface area contributed by atoms with Crippen LogP contribution in [0.4, 0.5) is 13.2 Å². The molecule has 1 aromatic rings. The van der Waals surface area contributed by atoms with Crippen LogP contribution in [0.25, 0.3) is 0 Å². The van der Waals surface area contributed by atoms with Gasteiger partial charge in [-0.25, -0.2) is 4.79 Å². The summed E-state index contributed by atoms with van der Waals surface area (Å²) < 4.78 is 31.7. The van der Waals surface area contributed by atoms with Crippen LogP contribution in [0.1, 0.15) is 17.9 Å². The van der Waals surface area contributed by atoms with E-state index in [0.29, 0.717) is 12.5 Å². The van der Waals surface area contributed by atoms with Crippen molar-refractivity contribution in [2.45, 2.75) is 18.5 Å². The van der Waals surface area contributed by atoms with Crippen molar-refractivity contribution in [2.24, 2.45) is 5.92 Å². The summed E-state index contributed by atoms with van der Waals surface area (Å²) in [6, 6.07) is 10.1. The van der Waals surface area contributed by atoms with Gasteiger partial charge in [-0.3, -0.25) is 4.79 Å². The number of carboxylic acids is 2. The zero-order chi connectivity index (χ0) is 16.8. The standard InChI is InChI=1S/C12H15NO2.C2HF3O2/c14-12(15)11-6-10(7-13-8-11)9-4-2-1-3-5-9;3-2(4,5)1(6)7/h1-5,10-11,13H,6-8H2,(H,14,15);(H,6,7). The fourth-order valence-corrected chi connectivity index (χ4v) is 2.11. The van der Waals surface area contributed by atoms with Crippen molar-refractivity contribution in [3.63, 3.8) is 0 Å². The number of benzene rings is 1. The highest BCUT2D eigenvalue weighted by atomic mass is 19.4. The predicted octanol–water partition coefficient (Wildman–Crippen LogP) is 2.10. The van der Waals surface area contributed by atoms with Crippen LogP contribution in [-0.2, 0) is 9.59 Å². The van der Waals surface area contributed by atoms with E-state index in [1.54, 1.807) is 0 Å². The summed E-state index contributed by atoms with van der Waals surface area (Å²) in [5.41, 5.74) is 1.23. The first-order chi connectivity index (χ1) is 10.2. The maximum absolute atomic E-state index is 10.9. The maximum Gasteiger partial charge on any atom is 0.490 e. The van der Waals surface area contributed by atoms with Crippen molar-refractivity contribution in [1.29, 1.82) is 0 Å². The Kier molecular flexibility index (Phi) is 6.36. The van der Waals surface area contributed by atoms with Crippen LogP contribution in [0.15, 0.2) is 30.3 Å². The second-order valence-electron chi connectivity index (χ2n) is 4.84. The highest BCUT2D eigenvalue weighted by Gasteiger charge is 2.38. The Morgan fingerprint density at radius 1 is 1.09 bits per heavy atom. The molecule has 2 unspecified atom stereocenters. The van der Waals surface area contributed by atoms with Crippen LogP contribution in [0.2, 0.25) is 0 Å². The monoisotopic (exact) mass is 319 g/mol. The van der Waals surface area contributed by atoms with Crippen molar-refractivity contribution in [3.05, 3.63) is 35.9 Å². The van der Waals surface area contributed by atoms with Crippen LogP contribution in [0.5, 0.6) is 0 Å². The summed E-state index contributed by atoms with van der Waals surface area (Å²) in [7, 11) is 0. The molecule has 1 aliphatic rings. The summed E-state index contributed by atoms with van der Waals surface area (Å²) in [6.07, 6.45) is -4.34. The molecule has 1 fully saturated rings. The molecule has 2 atom stereocenters. The molecular formula is C14H16F3NO4. The molecule has 1 saturated heterocycles. The third-order valence-corrected chi connectivity index (χ3v) is 3.21. The van der Waals surface area contributed by atoms with Crippen molar-refractivity contribution < 1.29 is 33.0 Å². The Morgan fingerprint density at radius 2 is 1.64 bits per heavy atom. The molecule has 122 valence electrons. The number of carbonyl (C=O) groups is 2. The number of halogens is 3. The lowest BCUT2D eigenvalue weighted by Gasteiger charge is -2.27. The zero-order valence-electron chi connectivity index (χ0n) is 11.5. The summed E-state index contributed by atoms with van der Waals surface area (Å²) in [5.74, 6) is -3.36. The molecule has 0 amide bonds. The van der Waals surface area contributed by atoms with Crippen molar-refractivity contribution in [1.82, 2.24) is 5.32 Å². The molecule has 0 bridgehead atoms. The van der Waals surface area contributed by atoms with Crippen LogP contribution in [0.3, 0.4) is 0 Å². The number of alkyl halides is 3. The molecule has 0 aromatic heterocycles. The Bertz CT molecular complexity index is 505. The van der Waals surface area contributed by atoms with E-state index < -0.39 is 18.1 Å². The lowest BCUT2D eigenvalue weighted by Crippen LogP contribution is -2.38. The second-order valence-corrected chi connectivity index (χ2v) is 4.84. The molecule has 0 saturated carbocycles. The molecular weight excluding hydrogens is 303 g/mol. The molecule has 0 radical (unpaired) electrons. The number of carboxylic acid groups (broad SMARTS) is 2. The molecule has 22 heavy (non-hydrogen) atoms. The first kappa shape index (κ1) is 18.0. The summed E-state index contributed by atoms with van der Waals surface area (Å²) >= 11 is 0. The van der Waals surface area contributed by atoms with Crippen molar-refractivity contribution in [3.8, 4) is 0 Å². The highest BCUT2D eigenvalue weighted by Crippen LogP contribution is 2.26. The molecule has 3 N–H and O–H groups in total. The first-order valence-electron chi connectivity index (χ1n) is 6.50. The van der Waals surface area contributed by atoms with Crippen LogP contribution in [-0.4, -0.2) is 41.4 Å². The van der Waals surface area contributed by atoms with Crippen LogP contribution >= 0.6 is 0 Å². The Labute approximate surface area is 124 Å². The van der Waals surface area contributed by atoms with E-state index in [-0.39, 0.29) is 5.92 Å². The van der Waals surface area contributed by atoms with Gasteiger partial charge in [-0.1, -0.05) is 30.3 Å². The third kappa shape index (κ3) is 5.72. The Hall–Kier alpha value is -2.09. The van der Waals surface area contributed by atoms with Gasteiger partial charge in [-0.15, -0.1) is 0 Å². The number of nitrogens with one attached hydrogen (secondary N) is 1.